The van der Waals surface area contributed by atoms with Gasteiger partial charge in [-0.3, -0.25) is 4.57 Å². The monoisotopic (exact) mass is 357 g/mol. The van der Waals surface area contributed by atoms with Gasteiger partial charge in [0.25, 0.3) is 0 Å². The number of aryl methyl sites for hydroxylation is 1. The van der Waals surface area contributed by atoms with Gasteiger partial charge >= 0.3 is 0 Å². The van der Waals surface area contributed by atoms with Crippen molar-refractivity contribution in [1.82, 2.24) is 9.13 Å². The minimum Gasteiger partial charge on any atom is -0.322 e. The van der Waals surface area contributed by atoms with E-state index < -0.39 is 0 Å². The molecule has 3 aromatic rings. The van der Waals surface area contributed by atoms with Crippen LogP contribution in [0.5, 0.6) is 0 Å². The van der Waals surface area contributed by atoms with Gasteiger partial charge in [-0.2, -0.15) is 5.26 Å². The molecular formula is C18H13ClFN3S. The van der Waals surface area contributed by atoms with E-state index in [0.717, 1.165) is 16.9 Å². The Bertz CT molecular complexity index is 950. The van der Waals surface area contributed by atoms with Crippen LogP contribution in [0.25, 0.3) is 16.9 Å². The molecule has 1 heterocycles. The molecule has 0 spiro atoms. The van der Waals surface area contributed by atoms with Crippen LogP contribution in [0, 0.1) is 21.9 Å². The van der Waals surface area contributed by atoms with Gasteiger partial charge in [0.05, 0.1) is 18.2 Å². The average Bonchev–Trinajstić information content (AvgIpc) is 2.91. The van der Waals surface area contributed by atoms with E-state index in [0.29, 0.717) is 22.8 Å². The second-order valence-corrected chi connectivity index (χ2v) is 6.02. The maximum absolute atomic E-state index is 13.2. The lowest BCUT2D eigenvalue weighted by Crippen LogP contribution is -2.00. The molecule has 0 amide bonds. The van der Waals surface area contributed by atoms with Crippen LogP contribution in [0.15, 0.2) is 54.7 Å². The summed E-state index contributed by atoms with van der Waals surface area (Å²) in [5.74, 6) is -0.292. The summed E-state index contributed by atoms with van der Waals surface area (Å²) >= 11 is 11.5. The molecule has 0 N–H and O–H groups in total. The number of aromatic nitrogens is 2. The number of benzene rings is 2. The highest BCUT2D eigenvalue weighted by Crippen LogP contribution is 2.26. The summed E-state index contributed by atoms with van der Waals surface area (Å²) in [6, 6.07) is 15.7. The molecule has 0 aliphatic rings. The van der Waals surface area contributed by atoms with Gasteiger partial charge in [0.15, 0.2) is 4.77 Å². The van der Waals surface area contributed by atoms with E-state index in [9.17, 15) is 4.39 Å². The Balaban J connectivity index is 2.19. The van der Waals surface area contributed by atoms with Crippen molar-refractivity contribution < 1.29 is 4.39 Å². The maximum Gasteiger partial charge on any atom is 0.185 e. The molecule has 0 fully saturated rings. The van der Waals surface area contributed by atoms with Crippen molar-refractivity contribution in [2.75, 3.05) is 0 Å². The first kappa shape index (κ1) is 16.4. The molecule has 0 saturated heterocycles. The molecule has 0 aliphatic carbocycles. The van der Waals surface area contributed by atoms with Crippen LogP contribution < -0.4 is 0 Å². The van der Waals surface area contributed by atoms with E-state index in [4.69, 9.17) is 29.1 Å². The second-order valence-electron chi connectivity index (χ2n) is 5.22. The highest BCUT2D eigenvalue weighted by Gasteiger charge is 2.12. The zero-order chi connectivity index (χ0) is 17.1. The first-order chi connectivity index (χ1) is 11.6. The summed E-state index contributed by atoms with van der Waals surface area (Å²) in [5, 5.41) is 9.47. The second kappa shape index (κ2) is 7.00. The van der Waals surface area contributed by atoms with Crippen molar-refractivity contribution in [2.24, 2.45) is 0 Å². The van der Waals surface area contributed by atoms with E-state index in [1.807, 2.05) is 27.5 Å². The summed E-state index contributed by atoms with van der Waals surface area (Å²) in [7, 11) is 0. The molecule has 0 unspecified atom stereocenters. The Kier molecular flexibility index (Phi) is 4.79. The normalized spacial score (nSPS) is 10.5. The minimum absolute atomic E-state index is 0.292. The van der Waals surface area contributed by atoms with Gasteiger partial charge in [0.2, 0.25) is 0 Å². The van der Waals surface area contributed by atoms with Crippen molar-refractivity contribution in [2.45, 2.75) is 13.0 Å². The lowest BCUT2D eigenvalue weighted by atomic mass is 10.1. The van der Waals surface area contributed by atoms with Crippen LogP contribution in [0.1, 0.15) is 6.42 Å². The van der Waals surface area contributed by atoms with Crippen molar-refractivity contribution in [3.05, 3.63) is 70.3 Å². The molecule has 120 valence electrons. The summed E-state index contributed by atoms with van der Waals surface area (Å²) < 4.78 is 17.6. The topological polar surface area (TPSA) is 33.6 Å². The van der Waals surface area contributed by atoms with E-state index >= 15 is 0 Å². The molecule has 1 aromatic heterocycles. The average molecular weight is 358 g/mol. The predicted octanol–water partition coefficient (Wildman–Crippen LogP) is 5.38. The summed E-state index contributed by atoms with van der Waals surface area (Å²) in [6.45, 7) is 0.504. The third kappa shape index (κ3) is 3.25. The molecule has 0 atom stereocenters. The number of halogens is 2. The molecular weight excluding hydrogens is 345 g/mol. The Hall–Kier alpha value is -2.42. The SMILES string of the molecule is N#CCCn1cc(-c2ccc(F)cc2)n(-c2ccc(Cl)cc2)c1=S. The smallest absolute Gasteiger partial charge is 0.185 e. The van der Waals surface area contributed by atoms with Gasteiger partial charge in [-0.15, -0.1) is 0 Å². The molecule has 0 bridgehead atoms. The largest absolute Gasteiger partial charge is 0.322 e. The fourth-order valence-corrected chi connectivity index (χ4v) is 2.96. The number of rotatable bonds is 4. The van der Waals surface area contributed by atoms with Crippen LogP contribution in [-0.2, 0) is 6.54 Å². The van der Waals surface area contributed by atoms with Gasteiger partial charge < -0.3 is 4.57 Å². The van der Waals surface area contributed by atoms with Crippen molar-refractivity contribution in [3.8, 4) is 23.0 Å². The van der Waals surface area contributed by atoms with Gasteiger partial charge in [0.1, 0.15) is 5.82 Å². The number of nitriles is 1. The van der Waals surface area contributed by atoms with E-state index in [-0.39, 0.29) is 5.82 Å². The van der Waals surface area contributed by atoms with Crippen LogP contribution >= 0.6 is 23.8 Å². The van der Waals surface area contributed by atoms with Crippen molar-refractivity contribution in [1.29, 1.82) is 5.26 Å². The number of hydrogen-bond donors (Lipinski definition) is 0. The minimum atomic E-state index is -0.292. The van der Waals surface area contributed by atoms with Gasteiger partial charge in [-0.1, -0.05) is 11.6 Å². The first-order valence-electron chi connectivity index (χ1n) is 7.31. The number of imidazole rings is 1. The standard InChI is InChI=1S/C18H13ClFN3S/c19-14-4-8-16(9-5-14)23-17(13-2-6-15(20)7-3-13)12-22(18(23)24)11-1-10-21/h2-9,12H,1,11H2. The third-order valence-corrected chi connectivity index (χ3v) is 4.31. The molecule has 3 rings (SSSR count). The Labute approximate surface area is 149 Å². The maximum atomic E-state index is 13.2. The zero-order valence-electron chi connectivity index (χ0n) is 12.6. The quantitative estimate of drug-likeness (QED) is 0.587. The fraction of sp³-hybridized carbons (Fsp3) is 0.111. The van der Waals surface area contributed by atoms with Crippen molar-refractivity contribution in [3.63, 3.8) is 0 Å². The molecule has 0 saturated carbocycles. The van der Waals surface area contributed by atoms with Gasteiger partial charge in [-0.05, 0) is 60.7 Å². The van der Waals surface area contributed by atoms with Crippen molar-refractivity contribution >= 4 is 23.8 Å². The van der Waals surface area contributed by atoms with Gasteiger partial charge in [-0.25, -0.2) is 4.39 Å². The van der Waals surface area contributed by atoms with E-state index in [2.05, 4.69) is 6.07 Å². The Morgan fingerprint density at radius 1 is 1.08 bits per heavy atom. The summed E-state index contributed by atoms with van der Waals surface area (Å²) in [6.07, 6.45) is 2.25. The Morgan fingerprint density at radius 3 is 2.38 bits per heavy atom. The first-order valence-corrected chi connectivity index (χ1v) is 8.10. The lowest BCUT2D eigenvalue weighted by Gasteiger charge is -2.09. The molecule has 24 heavy (non-hydrogen) atoms. The molecule has 6 heteroatoms. The number of hydrogen-bond acceptors (Lipinski definition) is 2. The molecule has 3 nitrogen and oxygen atoms in total. The highest BCUT2D eigenvalue weighted by molar-refractivity contribution is 7.71. The van der Waals surface area contributed by atoms with Gasteiger partial charge in [0, 0.05) is 29.0 Å². The van der Waals surface area contributed by atoms with Crippen LogP contribution in [-0.4, -0.2) is 9.13 Å². The fourth-order valence-electron chi connectivity index (χ4n) is 2.49. The molecule has 2 aromatic carbocycles. The summed E-state index contributed by atoms with van der Waals surface area (Å²) in [5.41, 5.74) is 2.54. The molecule has 0 aliphatic heterocycles. The lowest BCUT2D eigenvalue weighted by molar-refractivity contribution is 0.628. The highest BCUT2D eigenvalue weighted by atomic mass is 35.5. The summed E-state index contributed by atoms with van der Waals surface area (Å²) in [4.78, 5) is 0. The predicted molar refractivity (Wildman–Crippen MR) is 95.2 cm³/mol. The van der Waals surface area contributed by atoms with E-state index in [1.54, 1.807) is 24.3 Å². The van der Waals surface area contributed by atoms with Crippen LogP contribution in [0.2, 0.25) is 5.02 Å². The van der Waals surface area contributed by atoms with Crippen LogP contribution in [0.3, 0.4) is 0 Å². The third-order valence-electron chi connectivity index (χ3n) is 3.65. The number of nitrogens with zero attached hydrogens (tertiary/aromatic N) is 3. The zero-order valence-corrected chi connectivity index (χ0v) is 14.2. The van der Waals surface area contributed by atoms with Crippen LogP contribution in [0.4, 0.5) is 4.39 Å². The molecule has 0 radical (unpaired) electrons. The van der Waals surface area contributed by atoms with E-state index in [1.165, 1.54) is 12.1 Å². The Morgan fingerprint density at radius 2 is 1.75 bits per heavy atom.